The van der Waals surface area contributed by atoms with Crippen LogP contribution in [-0.2, 0) is 22.4 Å². The summed E-state index contributed by atoms with van der Waals surface area (Å²) in [6.07, 6.45) is 7.74. The maximum absolute atomic E-state index is 12.4. The summed E-state index contributed by atoms with van der Waals surface area (Å²) in [5, 5.41) is 12.7. The van der Waals surface area contributed by atoms with Crippen molar-refractivity contribution in [2.45, 2.75) is 39.0 Å². The van der Waals surface area contributed by atoms with Gasteiger partial charge in [0.25, 0.3) is 0 Å². The van der Waals surface area contributed by atoms with Crippen LogP contribution in [0.15, 0.2) is 12.2 Å². The lowest BCUT2D eigenvalue weighted by Gasteiger charge is -2.23. The standard InChI is InChI=1S/C16H20N2O3S/c1-9-6-7-12-13(8-9)22-16(17-12)18-14(19)10-4-2-3-5-11(10)15(20)21/h2-3,9-11H,4-8H2,1H3,(H,20,21)(H,17,18,19)/t9-,10-,11+/m1/s1. The summed E-state index contributed by atoms with van der Waals surface area (Å²) in [6.45, 7) is 2.23. The van der Waals surface area contributed by atoms with Crippen LogP contribution in [0, 0.1) is 17.8 Å². The fraction of sp³-hybridized carbons (Fsp3) is 0.562. The number of carbonyl (C=O) groups excluding carboxylic acids is 1. The number of allylic oxidation sites excluding steroid dienone is 2. The van der Waals surface area contributed by atoms with E-state index < -0.39 is 17.8 Å². The fourth-order valence-electron chi connectivity index (χ4n) is 3.17. The van der Waals surface area contributed by atoms with Gasteiger partial charge >= 0.3 is 5.97 Å². The van der Waals surface area contributed by atoms with Crippen molar-refractivity contribution in [3.63, 3.8) is 0 Å². The number of carboxylic acid groups (broad SMARTS) is 1. The van der Waals surface area contributed by atoms with Crippen LogP contribution in [0.2, 0.25) is 0 Å². The topological polar surface area (TPSA) is 79.3 Å². The number of fused-ring (bicyclic) bond motifs is 1. The molecule has 3 atom stereocenters. The van der Waals surface area contributed by atoms with Crippen molar-refractivity contribution in [2.24, 2.45) is 17.8 Å². The predicted molar refractivity (Wildman–Crippen MR) is 84.9 cm³/mol. The summed E-state index contributed by atoms with van der Waals surface area (Å²) in [4.78, 5) is 29.5. The number of anilines is 1. The van der Waals surface area contributed by atoms with E-state index in [1.165, 1.54) is 16.2 Å². The lowest BCUT2D eigenvalue weighted by atomic mass is 9.82. The molecule has 2 N–H and O–H groups in total. The second-order valence-electron chi connectivity index (χ2n) is 6.22. The number of carbonyl (C=O) groups is 2. The van der Waals surface area contributed by atoms with Gasteiger partial charge in [-0.3, -0.25) is 9.59 Å². The molecule has 2 aliphatic rings. The molecular formula is C16H20N2O3S. The number of nitrogens with zero attached hydrogens (tertiary/aromatic N) is 1. The molecule has 0 aliphatic heterocycles. The van der Waals surface area contributed by atoms with Crippen molar-refractivity contribution in [3.05, 3.63) is 22.7 Å². The smallest absolute Gasteiger partial charge is 0.307 e. The number of carboxylic acids is 1. The third kappa shape index (κ3) is 3.06. The maximum Gasteiger partial charge on any atom is 0.307 e. The predicted octanol–water partition coefficient (Wildman–Crippen LogP) is 2.87. The first-order valence-electron chi connectivity index (χ1n) is 7.72. The molecular weight excluding hydrogens is 300 g/mol. The van der Waals surface area contributed by atoms with Gasteiger partial charge in [0, 0.05) is 4.88 Å². The Balaban J connectivity index is 1.71. The highest BCUT2D eigenvalue weighted by molar-refractivity contribution is 7.15. The molecule has 6 heteroatoms. The van der Waals surface area contributed by atoms with E-state index >= 15 is 0 Å². The van der Waals surface area contributed by atoms with Crippen molar-refractivity contribution in [1.82, 2.24) is 4.98 Å². The van der Waals surface area contributed by atoms with Gasteiger partial charge in [0.2, 0.25) is 5.91 Å². The van der Waals surface area contributed by atoms with E-state index in [9.17, 15) is 14.7 Å². The summed E-state index contributed by atoms with van der Waals surface area (Å²) in [7, 11) is 0. The minimum atomic E-state index is -0.906. The van der Waals surface area contributed by atoms with E-state index in [0.29, 0.717) is 23.9 Å². The van der Waals surface area contributed by atoms with Crippen LogP contribution in [0.3, 0.4) is 0 Å². The molecule has 0 saturated carbocycles. The molecule has 0 aromatic carbocycles. The highest BCUT2D eigenvalue weighted by Gasteiger charge is 2.34. The molecule has 1 heterocycles. The Morgan fingerprint density at radius 3 is 2.77 bits per heavy atom. The number of aliphatic carboxylic acids is 1. The second-order valence-corrected chi connectivity index (χ2v) is 7.30. The first-order valence-corrected chi connectivity index (χ1v) is 8.53. The second kappa shape index (κ2) is 6.20. The van der Waals surface area contributed by atoms with Gasteiger partial charge in [-0.05, 0) is 38.0 Å². The van der Waals surface area contributed by atoms with E-state index in [1.807, 2.05) is 12.2 Å². The largest absolute Gasteiger partial charge is 0.481 e. The van der Waals surface area contributed by atoms with Crippen LogP contribution >= 0.6 is 11.3 Å². The highest BCUT2D eigenvalue weighted by Crippen LogP contribution is 2.33. The molecule has 2 aliphatic carbocycles. The van der Waals surface area contributed by atoms with E-state index in [2.05, 4.69) is 17.2 Å². The quantitative estimate of drug-likeness (QED) is 0.839. The maximum atomic E-state index is 12.4. The molecule has 0 spiro atoms. The van der Waals surface area contributed by atoms with E-state index in [-0.39, 0.29) is 5.91 Å². The van der Waals surface area contributed by atoms with Gasteiger partial charge in [-0.25, -0.2) is 4.98 Å². The highest BCUT2D eigenvalue weighted by atomic mass is 32.1. The molecule has 0 unspecified atom stereocenters. The molecule has 118 valence electrons. The van der Waals surface area contributed by atoms with Crippen LogP contribution < -0.4 is 5.32 Å². The zero-order chi connectivity index (χ0) is 15.7. The van der Waals surface area contributed by atoms with Gasteiger partial charge in [0.15, 0.2) is 5.13 Å². The van der Waals surface area contributed by atoms with Crippen LogP contribution in [0.25, 0.3) is 0 Å². The van der Waals surface area contributed by atoms with E-state index in [4.69, 9.17) is 0 Å². The number of rotatable bonds is 3. The molecule has 22 heavy (non-hydrogen) atoms. The number of hydrogen-bond donors (Lipinski definition) is 2. The van der Waals surface area contributed by atoms with E-state index in [0.717, 1.165) is 25.0 Å². The normalized spacial score (nSPS) is 27.2. The lowest BCUT2D eigenvalue weighted by molar-refractivity contribution is -0.146. The zero-order valence-corrected chi connectivity index (χ0v) is 13.4. The average molecular weight is 320 g/mol. The number of amides is 1. The third-order valence-electron chi connectivity index (χ3n) is 4.50. The van der Waals surface area contributed by atoms with Crippen LogP contribution in [0.1, 0.15) is 36.8 Å². The molecule has 1 aromatic heterocycles. The summed E-state index contributed by atoms with van der Waals surface area (Å²) < 4.78 is 0. The van der Waals surface area contributed by atoms with Crippen LogP contribution in [-0.4, -0.2) is 22.0 Å². The van der Waals surface area contributed by atoms with Gasteiger partial charge in [-0.15, -0.1) is 11.3 Å². The first-order chi connectivity index (χ1) is 10.5. The Kier molecular flexibility index (Phi) is 4.29. The van der Waals surface area contributed by atoms with Crippen molar-refractivity contribution in [3.8, 4) is 0 Å². The summed E-state index contributed by atoms with van der Waals surface area (Å²) >= 11 is 1.53. The number of hydrogen-bond acceptors (Lipinski definition) is 4. The summed E-state index contributed by atoms with van der Waals surface area (Å²) in [5.74, 6) is -1.62. The Bertz CT molecular complexity index is 623. The minimum Gasteiger partial charge on any atom is -0.481 e. The summed E-state index contributed by atoms with van der Waals surface area (Å²) in [5.41, 5.74) is 1.09. The Labute approximate surface area is 133 Å². The van der Waals surface area contributed by atoms with E-state index in [1.54, 1.807) is 0 Å². The number of aromatic nitrogens is 1. The Hall–Kier alpha value is -1.69. The fourth-order valence-corrected chi connectivity index (χ4v) is 4.34. The molecule has 3 rings (SSSR count). The number of thiazole rings is 1. The van der Waals surface area contributed by atoms with Gasteiger partial charge in [0.05, 0.1) is 17.5 Å². The first kappa shape index (κ1) is 15.2. The molecule has 0 bridgehead atoms. The molecule has 5 nitrogen and oxygen atoms in total. The Morgan fingerprint density at radius 1 is 1.32 bits per heavy atom. The average Bonchev–Trinajstić information content (AvgIpc) is 2.88. The van der Waals surface area contributed by atoms with Crippen molar-refractivity contribution >= 4 is 28.3 Å². The van der Waals surface area contributed by atoms with Crippen molar-refractivity contribution < 1.29 is 14.7 Å². The monoisotopic (exact) mass is 320 g/mol. The van der Waals surface area contributed by atoms with Crippen molar-refractivity contribution in [2.75, 3.05) is 5.32 Å². The van der Waals surface area contributed by atoms with Crippen LogP contribution in [0.4, 0.5) is 5.13 Å². The molecule has 1 amide bonds. The van der Waals surface area contributed by atoms with Gasteiger partial charge < -0.3 is 10.4 Å². The zero-order valence-electron chi connectivity index (χ0n) is 12.5. The van der Waals surface area contributed by atoms with Gasteiger partial charge in [0.1, 0.15) is 0 Å². The van der Waals surface area contributed by atoms with Gasteiger partial charge in [-0.1, -0.05) is 19.1 Å². The summed E-state index contributed by atoms with van der Waals surface area (Å²) in [6, 6.07) is 0. The van der Waals surface area contributed by atoms with Crippen molar-refractivity contribution in [1.29, 1.82) is 0 Å². The van der Waals surface area contributed by atoms with Gasteiger partial charge in [-0.2, -0.15) is 0 Å². The number of aryl methyl sites for hydroxylation is 1. The third-order valence-corrected chi connectivity index (χ3v) is 5.54. The lowest BCUT2D eigenvalue weighted by Crippen LogP contribution is -2.34. The molecule has 1 aromatic rings. The molecule has 0 saturated heterocycles. The SMILES string of the molecule is C[C@@H]1CCc2nc(NC(=O)[C@@H]3CC=CC[C@@H]3C(=O)O)sc2C1. The van der Waals surface area contributed by atoms with Crippen LogP contribution in [0.5, 0.6) is 0 Å². The Morgan fingerprint density at radius 2 is 2.05 bits per heavy atom. The minimum absolute atomic E-state index is 0.226. The number of nitrogens with one attached hydrogen (secondary N) is 1. The molecule has 0 fully saturated rings. The molecule has 0 radical (unpaired) electrons.